The fourth-order valence-corrected chi connectivity index (χ4v) is 3.43. The molecule has 0 fully saturated rings. The fourth-order valence-electron chi connectivity index (χ4n) is 2.33. The second-order valence-corrected chi connectivity index (χ2v) is 7.35. The summed E-state index contributed by atoms with van der Waals surface area (Å²) in [6.45, 7) is 2.54. The summed E-state index contributed by atoms with van der Waals surface area (Å²) in [4.78, 5) is 12.3. The van der Waals surface area contributed by atoms with Crippen LogP contribution in [-0.4, -0.2) is 28.3 Å². The van der Waals surface area contributed by atoms with Crippen molar-refractivity contribution in [1.29, 1.82) is 0 Å². The Morgan fingerprint density at radius 2 is 1.88 bits per heavy atom. The minimum Gasteiger partial charge on any atom is -0.494 e. The molecule has 0 unspecified atom stereocenters. The number of hydrogen-bond acceptors (Lipinski definition) is 5. The zero-order valence-corrected chi connectivity index (χ0v) is 16.6. The van der Waals surface area contributed by atoms with Gasteiger partial charge in [-0.2, -0.15) is 0 Å². The van der Waals surface area contributed by atoms with Crippen molar-refractivity contribution in [2.75, 3.05) is 12.4 Å². The zero-order valence-electron chi connectivity index (χ0n) is 14.2. The van der Waals surface area contributed by atoms with Crippen LogP contribution in [0.3, 0.4) is 0 Å². The molecule has 4 nitrogen and oxygen atoms in total. The molecule has 0 N–H and O–H groups in total. The third kappa shape index (κ3) is 4.93. The third-order valence-electron chi connectivity index (χ3n) is 3.60. The van der Waals surface area contributed by atoms with Crippen LogP contribution in [0.25, 0.3) is 11.3 Å². The number of nitrogens with zero attached hydrogens (tertiary/aromatic N) is 2. The monoisotopic (exact) mass is 428 g/mol. The Kier molecular flexibility index (Phi) is 6.41. The van der Waals surface area contributed by atoms with Gasteiger partial charge in [0.05, 0.1) is 18.1 Å². The number of ether oxygens (including phenoxy) is 1. The van der Waals surface area contributed by atoms with Crippen LogP contribution < -0.4 is 4.74 Å². The van der Waals surface area contributed by atoms with Gasteiger partial charge in [-0.1, -0.05) is 39.8 Å². The minimum atomic E-state index is 0.0518. The Morgan fingerprint density at radius 3 is 2.54 bits per heavy atom. The lowest BCUT2D eigenvalue weighted by molar-refractivity contribution is 0.102. The van der Waals surface area contributed by atoms with Crippen molar-refractivity contribution < 1.29 is 9.53 Å². The first-order chi connectivity index (χ1) is 12.7. The lowest BCUT2D eigenvalue weighted by Gasteiger charge is -2.05. The zero-order chi connectivity index (χ0) is 18.4. The van der Waals surface area contributed by atoms with E-state index in [-0.39, 0.29) is 5.78 Å². The number of aromatic nitrogens is 2. The molecule has 0 atom stereocenters. The van der Waals surface area contributed by atoms with Gasteiger partial charge in [-0.25, -0.2) is 0 Å². The van der Waals surface area contributed by atoms with Gasteiger partial charge in [-0.3, -0.25) is 4.79 Å². The molecule has 0 aliphatic carbocycles. The quantitative estimate of drug-likeness (QED) is 0.378. The van der Waals surface area contributed by atoms with E-state index in [2.05, 4.69) is 26.1 Å². The largest absolute Gasteiger partial charge is 0.494 e. The lowest BCUT2D eigenvalue weighted by atomic mass is 10.1. The molecule has 2 aromatic carbocycles. The number of halogens is 1. The molecule has 0 aliphatic heterocycles. The van der Waals surface area contributed by atoms with Gasteiger partial charge in [0.15, 0.2) is 5.78 Å². The molecule has 0 radical (unpaired) electrons. The molecule has 0 amide bonds. The summed E-state index contributed by atoms with van der Waals surface area (Å²) in [6.07, 6.45) is 0. The van der Waals surface area contributed by atoms with E-state index in [1.54, 1.807) is 12.1 Å². The van der Waals surface area contributed by atoms with Crippen LogP contribution >= 0.6 is 27.7 Å². The predicted octanol–water partition coefficient (Wildman–Crippen LogP) is 5.28. The summed E-state index contributed by atoms with van der Waals surface area (Å²) in [5.41, 5.74) is 2.46. The number of benzene rings is 2. The third-order valence-corrected chi connectivity index (χ3v) is 5.01. The number of ketones is 1. The van der Waals surface area contributed by atoms with Crippen molar-refractivity contribution in [3.05, 3.63) is 70.7 Å². The Morgan fingerprint density at radius 1 is 1.08 bits per heavy atom. The molecule has 0 bridgehead atoms. The second kappa shape index (κ2) is 8.96. The van der Waals surface area contributed by atoms with Gasteiger partial charge in [0, 0.05) is 15.6 Å². The first kappa shape index (κ1) is 18.6. The van der Waals surface area contributed by atoms with Gasteiger partial charge < -0.3 is 4.74 Å². The highest BCUT2D eigenvalue weighted by Crippen LogP contribution is 2.23. The first-order valence-corrected chi connectivity index (χ1v) is 9.92. The van der Waals surface area contributed by atoms with Crippen LogP contribution in [0.5, 0.6) is 5.75 Å². The van der Waals surface area contributed by atoms with Gasteiger partial charge in [0.1, 0.15) is 10.8 Å². The fraction of sp³-hybridized carbons (Fsp3) is 0.150. The molecule has 1 aromatic heterocycles. The van der Waals surface area contributed by atoms with Crippen molar-refractivity contribution in [1.82, 2.24) is 10.2 Å². The van der Waals surface area contributed by atoms with Gasteiger partial charge in [0.25, 0.3) is 0 Å². The Labute approximate surface area is 165 Å². The summed E-state index contributed by atoms with van der Waals surface area (Å²) in [5, 5.41) is 9.19. The molecule has 0 aliphatic rings. The van der Waals surface area contributed by atoms with Gasteiger partial charge >= 0.3 is 0 Å². The summed E-state index contributed by atoms with van der Waals surface area (Å²) in [5.74, 6) is 1.14. The van der Waals surface area contributed by atoms with Crippen LogP contribution in [0.2, 0.25) is 0 Å². The molecular formula is C20H17BrN2O2S. The number of thioether (sulfide) groups is 1. The van der Waals surface area contributed by atoms with E-state index in [0.29, 0.717) is 17.9 Å². The number of Topliss-reactive ketones (excluding diaryl/α,β-unsaturated/α-hetero) is 1. The standard InChI is InChI=1S/C20H17BrN2O2S/c1-2-25-17-8-6-14(7-9-17)19(24)13-26-20-11-10-18(22-23-20)15-4-3-5-16(21)12-15/h3-12H,2,13H2,1H3. The van der Waals surface area contributed by atoms with Crippen molar-refractivity contribution in [3.8, 4) is 17.0 Å². The van der Waals surface area contributed by atoms with E-state index < -0.39 is 0 Å². The molecule has 1 heterocycles. The SMILES string of the molecule is CCOc1ccc(C(=O)CSc2ccc(-c3cccc(Br)c3)nn2)cc1. The van der Waals surface area contributed by atoms with Crippen LogP contribution in [0.4, 0.5) is 0 Å². The number of rotatable bonds is 7. The Bertz CT molecular complexity index is 883. The van der Waals surface area contributed by atoms with E-state index in [1.165, 1.54) is 11.8 Å². The number of carbonyl (C=O) groups is 1. The highest BCUT2D eigenvalue weighted by atomic mass is 79.9. The summed E-state index contributed by atoms with van der Waals surface area (Å²) in [7, 11) is 0. The molecule has 3 aromatic rings. The molecule has 132 valence electrons. The van der Waals surface area contributed by atoms with E-state index in [9.17, 15) is 4.79 Å². The van der Waals surface area contributed by atoms with Crippen LogP contribution in [0.15, 0.2) is 70.2 Å². The topological polar surface area (TPSA) is 52.1 Å². The highest BCUT2D eigenvalue weighted by Gasteiger charge is 2.09. The van der Waals surface area contributed by atoms with Crippen molar-refractivity contribution in [2.45, 2.75) is 11.9 Å². The summed E-state index contributed by atoms with van der Waals surface area (Å²) >= 11 is 4.83. The second-order valence-electron chi connectivity index (χ2n) is 5.44. The minimum absolute atomic E-state index is 0.0518. The number of hydrogen-bond donors (Lipinski definition) is 0. The normalized spacial score (nSPS) is 10.5. The van der Waals surface area contributed by atoms with Gasteiger partial charge in [-0.05, 0) is 55.5 Å². The van der Waals surface area contributed by atoms with Crippen molar-refractivity contribution in [3.63, 3.8) is 0 Å². The van der Waals surface area contributed by atoms with E-state index in [0.717, 1.165) is 26.5 Å². The van der Waals surface area contributed by atoms with Crippen LogP contribution in [-0.2, 0) is 0 Å². The lowest BCUT2D eigenvalue weighted by Crippen LogP contribution is -2.03. The molecule has 0 spiro atoms. The van der Waals surface area contributed by atoms with Gasteiger partial charge in [-0.15, -0.1) is 10.2 Å². The van der Waals surface area contributed by atoms with Gasteiger partial charge in [0.2, 0.25) is 0 Å². The molecule has 3 rings (SSSR count). The van der Waals surface area contributed by atoms with E-state index in [4.69, 9.17) is 4.74 Å². The highest BCUT2D eigenvalue weighted by molar-refractivity contribution is 9.10. The molecule has 26 heavy (non-hydrogen) atoms. The molecule has 6 heteroatoms. The molecule has 0 saturated heterocycles. The Balaban J connectivity index is 1.60. The number of carbonyl (C=O) groups excluding carboxylic acids is 1. The summed E-state index contributed by atoms with van der Waals surface area (Å²) in [6, 6.07) is 18.9. The summed E-state index contributed by atoms with van der Waals surface area (Å²) < 4.78 is 6.38. The predicted molar refractivity (Wildman–Crippen MR) is 108 cm³/mol. The van der Waals surface area contributed by atoms with Crippen LogP contribution in [0, 0.1) is 0 Å². The average Bonchev–Trinajstić information content (AvgIpc) is 2.67. The smallest absolute Gasteiger partial charge is 0.173 e. The van der Waals surface area contributed by atoms with E-state index >= 15 is 0 Å². The average molecular weight is 429 g/mol. The van der Waals surface area contributed by atoms with E-state index in [1.807, 2.05) is 55.5 Å². The Hall–Kier alpha value is -2.18. The van der Waals surface area contributed by atoms with Crippen molar-refractivity contribution in [2.24, 2.45) is 0 Å². The molecule has 0 saturated carbocycles. The maximum Gasteiger partial charge on any atom is 0.173 e. The van der Waals surface area contributed by atoms with Crippen LogP contribution in [0.1, 0.15) is 17.3 Å². The van der Waals surface area contributed by atoms with Crippen molar-refractivity contribution >= 4 is 33.5 Å². The maximum atomic E-state index is 12.3. The molecular weight excluding hydrogens is 412 g/mol. The first-order valence-electron chi connectivity index (χ1n) is 8.14. The maximum absolute atomic E-state index is 12.3.